The average Bonchev–Trinajstić information content (AvgIpc) is 3.35. The molecule has 0 unspecified atom stereocenters. The minimum Gasteiger partial charge on any atom is -0.334 e. The van der Waals surface area contributed by atoms with Crippen molar-refractivity contribution < 1.29 is 13.2 Å². The molecule has 31 heavy (non-hydrogen) atoms. The first-order valence-corrected chi connectivity index (χ1v) is 12.5. The number of piperidine rings is 1. The molecule has 0 bridgehead atoms. The molecule has 0 spiro atoms. The van der Waals surface area contributed by atoms with Crippen LogP contribution in [0.15, 0.2) is 12.1 Å². The zero-order valence-electron chi connectivity index (χ0n) is 18.1. The van der Waals surface area contributed by atoms with Gasteiger partial charge in [0.05, 0.1) is 18.0 Å². The van der Waals surface area contributed by atoms with Gasteiger partial charge in [0.15, 0.2) is 5.82 Å². The molecule has 2 aromatic heterocycles. The molecule has 4 heterocycles. The molecule has 2 aromatic rings. The molecule has 1 amide bonds. The minimum absolute atomic E-state index is 0.0939. The molecule has 2 aliphatic heterocycles. The number of amides is 1. The van der Waals surface area contributed by atoms with E-state index in [0.717, 1.165) is 24.2 Å². The highest BCUT2D eigenvalue weighted by molar-refractivity contribution is 7.88. The lowest BCUT2D eigenvalue weighted by atomic mass is 9.96. The molecule has 0 aromatic carbocycles. The Hall–Kier alpha value is -2.53. The fraction of sp³-hybridized carbons (Fsp3) is 0.600. The zero-order valence-corrected chi connectivity index (χ0v) is 18.9. The number of likely N-dealkylation sites (tertiary alicyclic amines) is 1. The third-order valence-corrected chi connectivity index (χ3v) is 7.27. The van der Waals surface area contributed by atoms with Crippen molar-refractivity contribution in [2.45, 2.75) is 45.6 Å². The fourth-order valence-corrected chi connectivity index (χ4v) is 5.32. The Bertz CT molecular complexity index is 1060. The van der Waals surface area contributed by atoms with Crippen LogP contribution in [0.2, 0.25) is 0 Å². The number of carbonyl (C=O) groups excluding carboxylic acids is 1. The van der Waals surface area contributed by atoms with Gasteiger partial charge >= 0.3 is 0 Å². The molecule has 2 fully saturated rings. The van der Waals surface area contributed by atoms with Crippen LogP contribution in [0.25, 0.3) is 0 Å². The Morgan fingerprint density at radius 1 is 1.10 bits per heavy atom. The SMILES string of the molecule is Cc1nc(Nc2cc(C)[nH]n2)cc([C@H]2CCCN2C(=O)C2CCN(S(C)(=O)=O)CC2)n1. The van der Waals surface area contributed by atoms with Gasteiger partial charge in [-0.25, -0.2) is 22.7 Å². The highest BCUT2D eigenvalue weighted by atomic mass is 32.2. The maximum Gasteiger partial charge on any atom is 0.226 e. The summed E-state index contributed by atoms with van der Waals surface area (Å²) in [5.74, 6) is 1.91. The summed E-state index contributed by atoms with van der Waals surface area (Å²) in [7, 11) is -3.20. The smallest absolute Gasteiger partial charge is 0.226 e. The van der Waals surface area contributed by atoms with Crippen molar-refractivity contribution in [1.82, 2.24) is 29.4 Å². The van der Waals surface area contributed by atoms with E-state index in [1.54, 1.807) is 0 Å². The van der Waals surface area contributed by atoms with Crippen LogP contribution in [0, 0.1) is 19.8 Å². The number of sulfonamides is 1. The standard InChI is InChI=1S/C20H29N7O3S/c1-13-11-19(25-24-13)23-18-12-16(21-14(2)22-18)17-5-4-8-27(17)20(28)15-6-9-26(10-7-15)31(3,29)30/h11-12,15,17H,4-10H2,1-3H3,(H2,21,22,23,24,25)/t17-/m1/s1. The number of carbonyl (C=O) groups is 1. The highest BCUT2D eigenvalue weighted by Crippen LogP contribution is 2.35. The van der Waals surface area contributed by atoms with Gasteiger partial charge in [-0.15, -0.1) is 0 Å². The Morgan fingerprint density at radius 3 is 2.48 bits per heavy atom. The van der Waals surface area contributed by atoms with E-state index in [-0.39, 0.29) is 17.9 Å². The van der Waals surface area contributed by atoms with Crippen LogP contribution >= 0.6 is 0 Å². The molecule has 4 rings (SSSR count). The second-order valence-corrected chi connectivity index (χ2v) is 10.4. The second-order valence-electron chi connectivity index (χ2n) is 8.41. The van der Waals surface area contributed by atoms with Gasteiger partial charge in [-0.3, -0.25) is 9.89 Å². The quantitative estimate of drug-likeness (QED) is 0.717. The summed E-state index contributed by atoms with van der Waals surface area (Å²) in [6.07, 6.45) is 4.11. The van der Waals surface area contributed by atoms with Crippen molar-refractivity contribution in [3.05, 3.63) is 29.3 Å². The Balaban J connectivity index is 1.48. The first kappa shape index (κ1) is 21.7. The van der Waals surface area contributed by atoms with Crippen molar-refractivity contribution in [2.75, 3.05) is 31.2 Å². The Kier molecular flexibility index (Phi) is 5.98. The number of aromatic amines is 1. The van der Waals surface area contributed by atoms with Crippen molar-refractivity contribution in [3.8, 4) is 0 Å². The number of nitrogens with one attached hydrogen (secondary N) is 2. The van der Waals surface area contributed by atoms with Gasteiger partial charge in [0.1, 0.15) is 11.6 Å². The Labute approximate surface area is 182 Å². The lowest BCUT2D eigenvalue weighted by Gasteiger charge is -2.33. The summed E-state index contributed by atoms with van der Waals surface area (Å²) in [6, 6.07) is 3.69. The van der Waals surface area contributed by atoms with Crippen LogP contribution in [0.1, 0.15) is 48.9 Å². The normalized spacial score (nSPS) is 20.9. The third kappa shape index (κ3) is 4.87. The topological polar surface area (TPSA) is 124 Å². The van der Waals surface area contributed by atoms with Crippen LogP contribution in [-0.4, -0.2) is 69.6 Å². The average molecular weight is 448 g/mol. The van der Waals surface area contributed by atoms with E-state index in [1.165, 1.54) is 10.6 Å². The molecule has 168 valence electrons. The number of aryl methyl sites for hydroxylation is 2. The Morgan fingerprint density at radius 2 is 1.84 bits per heavy atom. The fourth-order valence-electron chi connectivity index (χ4n) is 4.45. The molecule has 2 N–H and O–H groups in total. The van der Waals surface area contributed by atoms with Crippen LogP contribution in [-0.2, 0) is 14.8 Å². The summed E-state index contributed by atoms with van der Waals surface area (Å²) in [5.41, 5.74) is 1.77. The molecule has 2 saturated heterocycles. The van der Waals surface area contributed by atoms with E-state index in [4.69, 9.17) is 0 Å². The lowest BCUT2D eigenvalue weighted by Crippen LogP contribution is -2.44. The highest BCUT2D eigenvalue weighted by Gasteiger charge is 2.37. The number of nitrogens with zero attached hydrogens (tertiary/aromatic N) is 5. The first-order valence-electron chi connectivity index (χ1n) is 10.6. The monoisotopic (exact) mass is 447 g/mol. The van der Waals surface area contributed by atoms with Gasteiger partial charge in [0, 0.05) is 43.4 Å². The first-order chi connectivity index (χ1) is 14.7. The van der Waals surface area contributed by atoms with E-state index in [0.29, 0.717) is 49.9 Å². The molecular formula is C20H29N7O3S. The van der Waals surface area contributed by atoms with Crippen LogP contribution in [0.3, 0.4) is 0 Å². The predicted octanol–water partition coefficient (Wildman–Crippen LogP) is 1.90. The summed E-state index contributed by atoms with van der Waals surface area (Å²) in [6.45, 7) is 5.26. The minimum atomic E-state index is -3.20. The van der Waals surface area contributed by atoms with Crippen molar-refractivity contribution >= 4 is 27.6 Å². The van der Waals surface area contributed by atoms with E-state index in [1.807, 2.05) is 30.9 Å². The number of aromatic nitrogens is 4. The van der Waals surface area contributed by atoms with E-state index < -0.39 is 10.0 Å². The van der Waals surface area contributed by atoms with Gasteiger partial charge in [-0.1, -0.05) is 0 Å². The molecule has 0 radical (unpaired) electrons. The van der Waals surface area contributed by atoms with E-state index in [9.17, 15) is 13.2 Å². The molecule has 0 saturated carbocycles. The van der Waals surface area contributed by atoms with Gasteiger partial charge < -0.3 is 10.2 Å². The predicted molar refractivity (Wildman–Crippen MR) is 116 cm³/mol. The van der Waals surface area contributed by atoms with Crippen molar-refractivity contribution in [3.63, 3.8) is 0 Å². The maximum atomic E-state index is 13.3. The number of rotatable bonds is 5. The van der Waals surface area contributed by atoms with Crippen LogP contribution in [0.5, 0.6) is 0 Å². The molecule has 0 aliphatic carbocycles. The van der Waals surface area contributed by atoms with E-state index in [2.05, 4.69) is 25.5 Å². The van der Waals surface area contributed by atoms with Gasteiger partial charge in [0.2, 0.25) is 15.9 Å². The van der Waals surface area contributed by atoms with E-state index >= 15 is 0 Å². The maximum absolute atomic E-state index is 13.3. The lowest BCUT2D eigenvalue weighted by molar-refractivity contribution is -0.137. The third-order valence-electron chi connectivity index (χ3n) is 5.97. The molecular weight excluding hydrogens is 418 g/mol. The van der Waals surface area contributed by atoms with Crippen LogP contribution < -0.4 is 5.32 Å². The molecule has 11 heteroatoms. The van der Waals surface area contributed by atoms with Gasteiger partial charge in [-0.05, 0) is 39.5 Å². The van der Waals surface area contributed by atoms with Crippen molar-refractivity contribution in [1.29, 1.82) is 0 Å². The molecule has 2 aliphatic rings. The molecule has 10 nitrogen and oxygen atoms in total. The number of anilines is 2. The van der Waals surface area contributed by atoms with Gasteiger partial charge in [0.25, 0.3) is 0 Å². The summed E-state index contributed by atoms with van der Waals surface area (Å²) in [5, 5.41) is 10.3. The summed E-state index contributed by atoms with van der Waals surface area (Å²) >= 11 is 0. The van der Waals surface area contributed by atoms with Crippen LogP contribution in [0.4, 0.5) is 11.6 Å². The summed E-state index contributed by atoms with van der Waals surface area (Å²) in [4.78, 5) is 24.3. The largest absolute Gasteiger partial charge is 0.334 e. The van der Waals surface area contributed by atoms with Crippen molar-refractivity contribution in [2.24, 2.45) is 5.92 Å². The van der Waals surface area contributed by atoms with Gasteiger partial charge in [-0.2, -0.15) is 5.10 Å². The number of hydrogen-bond donors (Lipinski definition) is 2. The number of H-pyrrole nitrogens is 1. The number of hydrogen-bond acceptors (Lipinski definition) is 7. The summed E-state index contributed by atoms with van der Waals surface area (Å²) < 4.78 is 25.0. The molecule has 1 atom stereocenters. The zero-order chi connectivity index (χ0) is 22.2. The second kappa shape index (κ2) is 8.54.